The largest absolute Gasteiger partial charge is 0.301 e. The molecule has 4 rings (SSSR count). The summed E-state index contributed by atoms with van der Waals surface area (Å²) in [6.45, 7) is 0. The Bertz CT molecular complexity index is 1170. The standard InChI is InChI=1S/C23H25N3O3S2/c1-26(31(2,28)29)19-12-10-17(11-13-19)20-16-30-22(24-20)25-21(27)23(14-6-7-15-23)18-8-4-3-5-9-18/h3-5,8-13,16H,6-7,14-15H2,1-2H3,(H,24,25,27). The van der Waals surface area contributed by atoms with Crippen molar-refractivity contribution >= 4 is 38.1 Å². The Morgan fingerprint density at radius 2 is 1.71 bits per heavy atom. The van der Waals surface area contributed by atoms with Crippen molar-refractivity contribution in [3.8, 4) is 11.3 Å². The molecule has 8 heteroatoms. The molecule has 1 aliphatic rings. The highest BCUT2D eigenvalue weighted by molar-refractivity contribution is 7.92. The third kappa shape index (κ3) is 4.36. The summed E-state index contributed by atoms with van der Waals surface area (Å²) >= 11 is 1.39. The van der Waals surface area contributed by atoms with E-state index in [1.807, 2.05) is 47.8 Å². The third-order valence-electron chi connectivity index (χ3n) is 5.97. The monoisotopic (exact) mass is 455 g/mol. The van der Waals surface area contributed by atoms with Crippen LogP contribution in [-0.4, -0.2) is 32.6 Å². The number of carbonyl (C=O) groups is 1. The highest BCUT2D eigenvalue weighted by Crippen LogP contribution is 2.42. The van der Waals surface area contributed by atoms with Crippen LogP contribution < -0.4 is 9.62 Å². The molecule has 1 N–H and O–H groups in total. The number of rotatable bonds is 6. The predicted octanol–water partition coefficient (Wildman–Crippen LogP) is 4.66. The Kier molecular flexibility index (Phi) is 5.85. The number of aromatic nitrogens is 1. The van der Waals surface area contributed by atoms with Crippen molar-refractivity contribution in [2.45, 2.75) is 31.1 Å². The van der Waals surface area contributed by atoms with E-state index in [9.17, 15) is 13.2 Å². The minimum absolute atomic E-state index is 0.00206. The zero-order valence-electron chi connectivity index (χ0n) is 17.5. The first-order chi connectivity index (χ1) is 14.8. The van der Waals surface area contributed by atoms with Crippen molar-refractivity contribution in [2.75, 3.05) is 22.9 Å². The van der Waals surface area contributed by atoms with Gasteiger partial charge in [-0.1, -0.05) is 55.3 Å². The van der Waals surface area contributed by atoms with E-state index in [0.29, 0.717) is 10.8 Å². The number of amides is 1. The van der Waals surface area contributed by atoms with Gasteiger partial charge in [0.1, 0.15) is 0 Å². The molecule has 1 aromatic heterocycles. The summed E-state index contributed by atoms with van der Waals surface area (Å²) in [6.07, 6.45) is 4.94. The van der Waals surface area contributed by atoms with Gasteiger partial charge in [0.25, 0.3) is 0 Å². The van der Waals surface area contributed by atoms with Gasteiger partial charge in [0.2, 0.25) is 15.9 Å². The lowest BCUT2D eigenvalue weighted by Gasteiger charge is -2.27. The van der Waals surface area contributed by atoms with E-state index in [4.69, 9.17) is 0 Å². The van der Waals surface area contributed by atoms with Gasteiger partial charge in [0.15, 0.2) is 5.13 Å². The number of hydrogen-bond acceptors (Lipinski definition) is 5. The molecule has 6 nitrogen and oxygen atoms in total. The van der Waals surface area contributed by atoms with Crippen molar-refractivity contribution < 1.29 is 13.2 Å². The molecule has 0 saturated heterocycles. The number of nitrogens with one attached hydrogen (secondary N) is 1. The van der Waals surface area contributed by atoms with Crippen LogP contribution in [0.25, 0.3) is 11.3 Å². The van der Waals surface area contributed by atoms with Crippen LogP contribution in [0.4, 0.5) is 10.8 Å². The van der Waals surface area contributed by atoms with Gasteiger partial charge in [0.05, 0.1) is 23.1 Å². The quantitative estimate of drug-likeness (QED) is 0.586. The lowest BCUT2D eigenvalue weighted by atomic mass is 9.78. The molecule has 1 fully saturated rings. The van der Waals surface area contributed by atoms with E-state index in [0.717, 1.165) is 42.5 Å². The summed E-state index contributed by atoms with van der Waals surface area (Å²) < 4.78 is 24.6. The molecule has 31 heavy (non-hydrogen) atoms. The van der Waals surface area contributed by atoms with E-state index in [2.05, 4.69) is 10.3 Å². The SMILES string of the molecule is CN(c1ccc(-c2csc(NC(=O)C3(c4ccccc4)CCCC3)n2)cc1)S(C)(=O)=O. The first-order valence-corrected chi connectivity index (χ1v) is 12.9. The maximum atomic E-state index is 13.3. The number of thiazole rings is 1. The fourth-order valence-corrected chi connectivity index (χ4v) is 5.32. The van der Waals surface area contributed by atoms with Crippen molar-refractivity contribution in [2.24, 2.45) is 0 Å². The maximum Gasteiger partial charge on any atom is 0.236 e. The number of carbonyl (C=O) groups excluding carboxylic acids is 1. The van der Waals surface area contributed by atoms with Crippen LogP contribution in [0, 0.1) is 0 Å². The van der Waals surface area contributed by atoms with Crippen molar-refractivity contribution in [1.29, 1.82) is 0 Å². The molecule has 1 saturated carbocycles. The van der Waals surface area contributed by atoms with E-state index in [-0.39, 0.29) is 5.91 Å². The van der Waals surface area contributed by atoms with E-state index >= 15 is 0 Å². The average molecular weight is 456 g/mol. The lowest BCUT2D eigenvalue weighted by Crippen LogP contribution is -2.37. The summed E-state index contributed by atoms with van der Waals surface area (Å²) in [5.41, 5.74) is 2.76. The summed E-state index contributed by atoms with van der Waals surface area (Å²) in [5.74, 6) is 0.00206. The molecule has 1 heterocycles. The van der Waals surface area contributed by atoms with Crippen LogP contribution in [-0.2, 0) is 20.2 Å². The van der Waals surface area contributed by atoms with Gasteiger partial charge >= 0.3 is 0 Å². The van der Waals surface area contributed by atoms with Crippen LogP contribution >= 0.6 is 11.3 Å². The Labute approximate surface area is 187 Å². The van der Waals surface area contributed by atoms with Crippen LogP contribution in [0.1, 0.15) is 31.2 Å². The third-order valence-corrected chi connectivity index (χ3v) is 7.93. The highest BCUT2D eigenvalue weighted by atomic mass is 32.2. The molecule has 162 valence electrons. The van der Waals surface area contributed by atoms with Crippen molar-refractivity contribution in [3.63, 3.8) is 0 Å². The van der Waals surface area contributed by atoms with Gasteiger partial charge < -0.3 is 5.32 Å². The zero-order valence-corrected chi connectivity index (χ0v) is 19.2. The Hall–Kier alpha value is -2.71. The first kappa shape index (κ1) is 21.5. The van der Waals surface area contributed by atoms with Gasteiger partial charge in [-0.15, -0.1) is 11.3 Å². The number of benzene rings is 2. The average Bonchev–Trinajstić information content (AvgIpc) is 3.44. The topological polar surface area (TPSA) is 79.4 Å². The molecular weight excluding hydrogens is 430 g/mol. The van der Waals surface area contributed by atoms with E-state index in [1.54, 1.807) is 12.1 Å². The predicted molar refractivity (Wildman–Crippen MR) is 126 cm³/mol. The molecule has 0 radical (unpaired) electrons. The fraction of sp³-hybridized carbons (Fsp3) is 0.304. The minimum atomic E-state index is -3.31. The minimum Gasteiger partial charge on any atom is -0.301 e. The van der Waals surface area contributed by atoms with Crippen molar-refractivity contribution in [3.05, 3.63) is 65.5 Å². The fourth-order valence-electron chi connectivity index (χ4n) is 4.10. The van der Waals surface area contributed by atoms with E-state index in [1.165, 1.54) is 28.9 Å². The molecule has 0 unspecified atom stereocenters. The van der Waals surface area contributed by atoms with E-state index < -0.39 is 15.4 Å². The molecule has 0 atom stereocenters. The Balaban J connectivity index is 1.52. The van der Waals surface area contributed by atoms with Crippen molar-refractivity contribution in [1.82, 2.24) is 4.98 Å². The summed E-state index contributed by atoms with van der Waals surface area (Å²) in [7, 11) is -1.79. The van der Waals surface area contributed by atoms with Crippen LogP contribution in [0.3, 0.4) is 0 Å². The van der Waals surface area contributed by atoms with Crippen LogP contribution in [0.15, 0.2) is 60.0 Å². The Morgan fingerprint density at radius 1 is 1.06 bits per heavy atom. The zero-order chi connectivity index (χ0) is 22.1. The van der Waals surface area contributed by atoms with Gasteiger partial charge in [-0.2, -0.15) is 0 Å². The molecule has 3 aromatic rings. The summed E-state index contributed by atoms with van der Waals surface area (Å²) in [5, 5.41) is 5.51. The highest BCUT2D eigenvalue weighted by Gasteiger charge is 2.42. The van der Waals surface area contributed by atoms with Crippen LogP contribution in [0.5, 0.6) is 0 Å². The normalized spacial score (nSPS) is 15.5. The molecule has 0 aliphatic heterocycles. The second kappa shape index (κ2) is 8.43. The molecule has 0 spiro atoms. The number of hydrogen-bond donors (Lipinski definition) is 1. The molecule has 0 bridgehead atoms. The molecular formula is C23H25N3O3S2. The smallest absolute Gasteiger partial charge is 0.236 e. The summed E-state index contributed by atoms with van der Waals surface area (Å²) in [4.78, 5) is 17.9. The summed E-state index contributed by atoms with van der Waals surface area (Å²) in [6, 6.07) is 17.2. The maximum absolute atomic E-state index is 13.3. The number of nitrogens with zero attached hydrogens (tertiary/aromatic N) is 2. The number of sulfonamides is 1. The second-order valence-corrected chi connectivity index (χ2v) is 10.8. The Morgan fingerprint density at radius 3 is 2.32 bits per heavy atom. The first-order valence-electron chi connectivity index (χ1n) is 10.2. The molecule has 1 amide bonds. The van der Waals surface area contributed by atoms with Gasteiger partial charge in [0, 0.05) is 18.0 Å². The van der Waals surface area contributed by atoms with Crippen LogP contribution in [0.2, 0.25) is 0 Å². The van der Waals surface area contributed by atoms with Gasteiger partial charge in [-0.3, -0.25) is 9.10 Å². The second-order valence-electron chi connectivity index (χ2n) is 7.92. The van der Waals surface area contributed by atoms with Gasteiger partial charge in [-0.25, -0.2) is 13.4 Å². The van der Waals surface area contributed by atoms with Gasteiger partial charge in [-0.05, 0) is 30.5 Å². The molecule has 2 aromatic carbocycles. The lowest BCUT2D eigenvalue weighted by molar-refractivity contribution is -0.121. The molecule has 1 aliphatic carbocycles. The number of anilines is 2.